The average Bonchev–Trinajstić information content (AvgIpc) is 2.58. The number of nitrogens with zero attached hydrogens (tertiary/aromatic N) is 3. The van der Waals surface area contributed by atoms with Gasteiger partial charge in [-0.25, -0.2) is 4.98 Å². The van der Waals surface area contributed by atoms with Crippen molar-refractivity contribution in [1.82, 2.24) is 15.6 Å². The molecule has 0 atom stereocenters. The summed E-state index contributed by atoms with van der Waals surface area (Å²) >= 11 is 0. The fourth-order valence-electron chi connectivity index (χ4n) is 3.01. The Kier molecular flexibility index (Phi) is 6.88. The highest BCUT2D eigenvalue weighted by Crippen LogP contribution is 2.20. The SMILES string of the molecule is CN=C(NCCCC(C)(C)C)NC1CCN(c2ccccn2)CC1. The second-order valence-corrected chi connectivity index (χ2v) is 7.76. The molecule has 1 fully saturated rings. The minimum Gasteiger partial charge on any atom is -0.356 e. The summed E-state index contributed by atoms with van der Waals surface area (Å²) in [7, 11) is 1.85. The molecule has 0 aromatic carbocycles. The van der Waals surface area contributed by atoms with Crippen molar-refractivity contribution in [2.24, 2.45) is 10.4 Å². The van der Waals surface area contributed by atoms with E-state index in [0.29, 0.717) is 11.5 Å². The van der Waals surface area contributed by atoms with Crippen LogP contribution in [-0.2, 0) is 0 Å². The molecule has 1 aromatic rings. The second kappa shape index (κ2) is 8.90. The van der Waals surface area contributed by atoms with E-state index in [-0.39, 0.29) is 0 Å². The highest BCUT2D eigenvalue weighted by atomic mass is 15.2. The molecule has 0 bridgehead atoms. The molecule has 1 aromatic heterocycles. The lowest BCUT2D eigenvalue weighted by Crippen LogP contribution is -2.49. The van der Waals surface area contributed by atoms with E-state index in [0.717, 1.165) is 44.3 Å². The number of anilines is 1. The van der Waals surface area contributed by atoms with Crippen LogP contribution in [0.15, 0.2) is 29.4 Å². The predicted molar refractivity (Wildman–Crippen MR) is 103 cm³/mol. The van der Waals surface area contributed by atoms with Crippen LogP contribution in [0.5, 0.6) is 0 Å². The van der Waals surface area contributed by atoms with Crippen molar-refractivity contribution in [3.63, 3.8) is 0 Å². The lowest BCUT2D eigenvalue weighted by Gasteiger charge is -2.33. The smallest absolute Gasteiger partial charge is 0.191 e. The van der Waals surface area contributed by atoms with E-state index < -0.39 is 0 Å². The van der Waals surface area contributed by atoms with Crippen LogP contribution in [0.4, 0.5) is 5.82 Å². The maximum Gasteiger partial charge on any atom is 0.191 e. The molecule has 0 spiro atoms. The zero-order valence-corrected chi connectivity index (χ0v) is 15.7. The van der Waals surface area contributed by atoms with Gasteiger partial charge < -0.3 is 15.5 Å². The molecular weight excluding hydrogens is 298 g/mol. The minimum absolute atomic E-state index is 0.400. The van der Waals surface area contributed by atoms with Gasteiger partial charge in [-0.3, -0.25) is 4.99 Å². The van der Waals surface area contributed by atoms with Gasteiger partial charge in [0.25, 0.3) is 0 Å². The lowest BCUT2D eigenvalue weighted by molar-refractivity contribution is 0.365. The Labute approximate surface area is 147 Å². The number of hydrogen-bond donors (Lipinski definition) is 2. The molecule has 1 aliphatic heterocycles. The molecule has 1 aliphatic rings. The highest BCUT2D eigenvalue weighted by Gasteiger charge is 2.20. The van der Waals surface area contributed by atoms with Crippen LogP contribution in [0.2, 0.25) is 0 Å². The predicted octanol–water partition coefficient (Wildman–Crippen LogP) is 3.04. The standard InChI is InChI=1S/C19H33N5/c1-19(2,3)11-7-13-22-18(20-4)23-16-9-14-24(15-10-16)17-8-5-6-12-21-17/h5-6,8,12,16H,7,9-11,13-15H2,1-4H3,(H2,20,22,23). The first kappa shape index (κ1) is 18.6. The zero-order valence-electron chi connectivity index (χ0n) is 15.7. The first-order valence-corrected chi connectivity index (χ1v) is 9.11. The summed E-state index contributed by atoms with van der Waals surface area (Å²) in [4.78, 5) is 11.2. The van der Waals surface area contributed by atoms with Crippen molar-refractivity contribution < 1.29 is 0 Å². The van der Waals surface area contributed by atoms with E-state index in [9.17, 15) is 0 Å². The Morgan fingerprint density at radius 3 is 2.62 bits per heavy atom. The molecular formula is C19H33N5. The average molecular weight is 332 g/mol. The van der Waals surface area contributed by atoms with Gasteiger partial charge in [0.15, 0.2) is 5.96 Å². The van der Waals surface area contributed by atoms with Gasteiger partial charge in [0, 0.05) is 38.9 Å². The van der Waals surface area contributed by atoms with E-state index in [1.807, 2.05) is 19.3 Å². The van der Waals surface area contributed by atoms with Gasteiger partial charge in [-0.05, 0) is 43.2 Å². The second-order valence-electron chi connectivity index (χ2n) is 7.76. The summed E-state index contributed by atoms with van der Waals surface area (Å²) in [5.74, 6) is 2.01. The fourth-order valence-corrected chi connectivity index (χ4v) is 3.01. The minimum atomic E-state index is 0.400. The number of guanidine groups is 1. The number of pyridine rings is 1. The summed E-state index contributed by atoms with van der Waals surface area (Å²) in [5.41, 5.74) is 0.400. The van der Waals surface area contributed by atoms with Crippen molar-refractivity contribution in [2.75, 3.05) is 31.6 Å². The van der Waals surface area contributed by atoms with Crippen LogP contribution in [0.3, 0.4) is 0 Å². The quantitative estimate of drug-likeness (QED) is 0.495. The summed E-state index contributed by atoms with van der Waals surface area (Å²) in [6.07, 6.45) is 6.48. The molecule has 2 rings (SSSR count). The third-order valence-corrected chi connectivity index (χ3v) is 4.43. The van der Waals surface area contributed by atoms with E-state index in [4.69, 9.17) is 0 Å². The molecule has 0 radical (unpaired) electrons. The fraction of sp³-hybridized carbons (Fsp3) is 0.684. The van der Waals surface area contributed by atoms with Crippen molar-refractivity contribution in [3.05, 3.63) is 24.4 Å². The Morgan fingerprint density at radius 1 is 1.29 bits per heavy atom. The Bertz CT molecular complexity index is 498. The van der Waals surface area contributed by atoms with Gasteiger partial charge in [-0.2, -0.15) is 0 Å². The van der Waals surface area contributed by atoms with E-state index >= 15 is 0 Å². The van der Waals surface area contributed by atoms with E-state index in [1.54, 1.807) is 0 Å². The van der Waals surface area contributed by atoms with Gasteiger partial charge in [-0.1, -0.05) is 26.8 Å². The Balaban J connectivity index is 1.70. The first-order chi connectivity index (χ1) is 11.5. The van der Waals surface area contributed by atoms with Gasteiger partial charge in [-0.15, -0.1) is 0 Å². The summed E-state index contributed by atoms with van der Waals surface area (Å²) in [6.45, 7) is 9.91. The molecule has 5 heteroatoms. The van der Waals surface area contributed by atoms with Crippen LogP contribution in [0.25, 0.3) is 0 Å². The number of aliphatic imine (C=N–C) groups is 1. The van der Waals surface area contributed by atoms with Crippen molar-refractivity contribution >= 4 is 11.8 Å². The van der Waals surface area contributed by atoms with Crippen molar-refractivity contribution in [1.29, 1.82) is 0 Å². The summed E-state index contributed by atoms with van der Waals surface area (Å²) in [5, 5.41) is 7.01. The lowest BCUT2D eigenvalue weighted by atomic mass is 9.91. The zero-order chi connectivity index (χ0) is 17.4. The van der Waals surface area contributed by atoms with E-state index in [2.05, 4.69) is 58.4 Å². The largest absolute Gasteiger partial charge is 0.356 e. The number of aromatic nitrogens is 1. The Morgan fingerprint density at radius 2 is 2.04 bits per heavy atom. The summed E-state index contributed by atoms with van der Waals surface area (Å²) in [6, 6.07) is 6.59. The van der Waals surface area contributed by atoms with Crippen LogP contribution < -0.4 is 15.5 Å². The molecule has 134 valence electrons. The molecule has 2 N–H and O–H groups in total. The normalized spacial score (nSPS) is 17.0. The molecule has 24 heavy (non-hydrogen) atoms. The maximum atomic E-state index is 4.44. The molecule has 0 unspecified atom stereocenters. The molecule has 2 heterocycles. The summed E-state index contributed by atoms with van der Waals surface area (Å²) < 4.78 is 0. The highest BCUT2D eigenvalue weighted by molar-refractivity contribution is 5.79. The topological polar surface area (TPSA) is 52.6 Å². The van der Waals surface area contributed by atoms with E-state index in [1.165, 1.54) is 12.8 Å². The van der Waals surface area contributed by atoms with Gasteiger partial charge in [0.2, 0.25) is 0 Å². The Hall–Kier alpha value is -1.78. The first-order valence-electron chi connectivity index (χ1n) is 9.11. The molecule has 0 saturated carbocycles. The van der Waals surface area contributed by atoms with Crippen molar-refractivity contribution in [3.8, 4) is 0 Å². The van der Waals surface area contributed by atoms with Crippen molar-refractivity contribution in [2.45, 2.75) is 52.5 Å². The maximum absolute atomic E-state index is 4.44. The van der Waals surface area contributed by atoms with Crippen LogP contribution in [0, 0.1) is 5.41 Å². The molecule has 0 aliphatic carbocycles. The number of nitrogens with one attached hydrogen (secondary N) is 2. The van der Waals surface area contributed by atoms with Gasteiger partial charge in [0.05, 0.1) is 0 Å². The third kappa shape index (κ3) is 6.38. The molecule has 5 nitrogen and oxygen atoms in total. The number of rotatable bonds is 5. The third-order valence-electron chi connectivity index (χ3n) is 4.43. The number of piperidine rings is 1. The van der Waals surface area contributed by atoms with Gasteiger partial charge in [0.1, 0.15) is 5.82 Å². The molecule has 1 saturated heterocycles. The van der Waals surface area contributed by atoms with Crippen LogP contribution in [0.1, 0.15) is 46.5 Å². The van der Waals surface area contributed by atoms with Crippen LogP contribution >= 0.6 is 0 Å². The number of hydrogen-bond acceptors (Lipinski definition) is 3. The van der Waals surface area contributed by atoms with Crippen LogP contribution in [-0.4, -0.2) is 43.7 Å². The monoisotopic (exact) mass is 331 g/mol. The molecule has 0 amide bonds. The van der Waals surface area contributed by atoms with Gasteiger partial charge >= 0.3 is 0 Å².